The Kier molecular flexibility index (Phi) is 3.40. The Balaban J connectivity index is 2.21. The molecule has 5 heteroatoms. The molecule has 0 bridgehead atoms. The number of carbonyl (C=O) groups is 1. The number of benzene rings is 1. The highest BCUT2D eigenvalue weighted by atomic mass is 79.9. The van der Waals surface area contributed by atoms with E-state index in [9.17, 15) is 9.90 Å². The number of hydrogen-bond donors (Lipinski definition) is 1. The third kappa shape index (κ3) is 2.33. The van der Waals surface area contributed by atoms with Crippen molar-refractivity contribution in [2.24, 2.45) is 0 Å². The Morgan fingerprint density at radius 1 is 1.56 bits per heavy atom. The van der Waals surface area contributed by atoms with Crippen LogP contribution >= 0.6 is 27.5 Å². The third-order valence-corrected chi connectivity index (χ3v) is 3.59. The molecular weight excluding hydrogens is 293 g/mol. The molecule has 1 unspecified atom stereocenters. The average molecular weight is 305 g/mol. The molecule has 86 valence electrons. The first kappa shape index (κ1) is 11.7. The number of amides is 1. The van der Waals surface area contributed by atoms with Crippen molar-refractivity contribution in [1.82, 2.24) is 4.90 Å². The Morgan fingerprint density at radius 3 is 2.88 bits per heavy atom. The van der Waals surface area contributed by atoms with Crippen LogP contribution in [0.1, 0.15) is 16.8 Å². The highest BCUT2D eigenvalue weighted by Crippen LogP contribution is 2.25. The van der Waals surface area contributed by atoms with Crippen molar-refractivity contribution in [3.63, 3.8) is 0 Å². The lowest BCUT2D eigenvalue weighted by Gasteiger charge is -2.16. The summed E-state index contributed by atoms with van der Waals surface area (Å²) in [6.07, 6.45) is 0.945. The molecule has 0 saturated carbocycles. The van der Waals surface area contributed by atoms with Crippen LogP contribution in [0.4, 0.5) is 0 Å². The zero-order valence-electron chi connectivity index (χ0n) is 8.49. The lowest BCUT2D eigenvalue weighted by molar-refractivity contribution is 0.0790. The SMILES string of the molecule is O=C(c1ccc(Cl)cc1O)N1CCC(Br)C1. The van der Waals surface area contributed by atoms with Gasteiger partial charge in [-0.3, -0.25) is 4.79 Å². The monoisotopic (exact) mass is 303 g/mol. The fourth-order valence-electron chi connectivity index (χ4n) is 1.76. The number of nitrogens with zero attached hydrogens (tertiary/aromatic N) is 1. The van der Waals surface area contributed by atoms with E-state index in [1.54, 1.807) is 17.0 Å². The molecule has 16 heavy (non-hydrogen) atoms. The molecule has 1 aromatic carbocycles. The van der Waals surface area contributed by atoms with Gasteiger partial charge in [0.15, 0.2) is 0 Å². The van der Waals surface area contributed by atoms with E-state index in [4.69, 9.17) is 11.6 Å². The van der Waals surface area contributed by atoms with Crippen LogP contribution in [0.2, 0.25) is 5.02 Å². The minimum absolute atomic E-state index is 0.0597. The molecule has 3 nitrogen and oxygen atoms in total. The molecule has 0 aromatic heterocycles. The molecule has 0 radical (unpaired) electrons. The van der Waals surface area contributed by atoms with E-state index in [1.807, 2.05) is 0 Å². The first-order valence-electron chi connectivity index (χ1n) is 5.00. The second-order valence-corrected chi connectivity index (χ2v) is 5.53. The summed E-state index contributed by atoms with van der Waals surface area (Å²) in [5, 5.41) is 10.1. The number of rotatable bonds is 1. The highest BCUT2D eigenvalue weighted by Gasteiger charge is 2.26. The Morgan fingerprint density at radius 2 is 2.31 bits per heavy atom. The number of phenolic OH excluding ortho intramolecular Hbond substituents is 1. The van der Waals surface area contributed by atoms with Gasteiger partial charge < -0.3 is 10.0 Å². The molecule has 1 fully saturated rings. The number of phenols is 1. The van der Waals surface area contributed by atoms with Crippen LogP contribution in [0, 0.1) is 0 Å². The first-order valence-corrected chi connectivity index (χ1v) is 6.29. The van der Waals surface area contributed by atoms with E-state index in [0.29, 0.717) is 22.0 Å². The van der Waals surface area contributed by atoms with Gasteiger partial charge in [0.25, 0.3) is 5.91 Å². The molecule has 1 aliphatic rings. The van der Waals surface area contributed by atoms with Crippen molar-refractivity contribution in [1.29, 1.82) is 0 Å². The van der Waals surface area contributed by atoms with Gasteiger partial charge in [-0.2, -0.15) is 0 Å². The fraction of sp³-hybridized carbons (Fsp3) is 0.364. The van der Waals surface area contributed by atoms with Gasteiger partial charge in [0.05, 0.1) is 5.56 Å². The molecule has 1 amide bonds. The first-order chi connectivity index (χ1) is 7.58. The zero-order chi connectivity index (χ0) is 11.7. The van der Waals surface area contributed by atoms with Crippen LogP contribution in [0.25, 0.3) is 0 Å². The quantitative estimate of drug-likeness (QED) is 0.810. The molecule has 0 aliphatic carbocycles. The second kappa shape index (κ2) is 4.63. The molecule has 0 spiro atoms. The summed E-state index contributed by atoms with van der Waals surface area (Å²) < 4.78 is 0. The molecule has 1 saturated heterocycles. The van der Waals surface area contributed by atoms with E-state index in [0.717, 1.165) is 13.0 Å². The number of likely N-dealkylation sites (tertiary alicyclic amines) is 1. The van der Waals surface area contributed by atoms with Crippen LogP contribution < -0.4 is 0 Å². The molecule has 2 rings (SSSR count). The van der Waals surface area contributed by atoms with Crippen molar-refractivity contribution in [3.05, 3.63) is 28.8 Å². The van der Waals surface area contributed by atoms with Gasteiger partial charge in [0.2, 0.25) is 0 Å². The fourth-order valence-corrected chi connectivity index (χ4v) is 2.48. The number of carbonyl (C=O) groups excluding carboxylic acids is 1. The summed E-state index contributed by atoms with van der Waals surface area (Å²) >= 11 is 9.18. The molecular formula is C11H11BrClNO2. The minimum Gasteiger partial charge on any atom is -0.507 e. The van der Waals surface area contributed by atoms with Crippen LogP contribution in [0.5, 0.6) is 5.75 Å². The van der Waals surface area contributed by atoms with Crippen LogP contribution in [0.15, 0.2) is 18.2 Å². The Bertz CT molecular complexity index is 424. The summed E-state index contributed by atoms with van der Waals surface area (Å²) in [5.74, 6) is -0.202. The maximum Gasteiger partial charge on any atom is 0.257 e. The second-order valence-electron chi connectivity index (χ2n) is 3.80. The highest BCUT2D eigenvalue weighted by molar-refractivity contribution is 9.09. The van der Waals surface area contributed by atoms with Crippen molar-refractivity contribution < 1.29 is 9.90 Å². The van der Waals surface area contributed by atoms with Gasteiger partial charge in [-0.05, 0) is 24.6 Å². The van der Waals surface area contributed by atoms with Gasteiger partial charge in [-0.15, -0.1) is 0 Å². The molecule has 1 N–H and O–H groups in total. The summed E-state index contributed by atoms with van der Waals surface area (Å²) in [4.78, 5) is 14.1. The average Bonchev–Trinajstić information content (AvgIpc) is 2.64. The van der Waals surface area contributed by atoms with Gasteiger partial charge in [-0.1, -0.05) is 27.5 Å². The van der Waals surface area contributed by atoms with E-state index < -0.39 is 0 Å². The van der Waals surface area contributed by atoms with Crippen molar-refractivity contribution >= 4 is 33.4 Å². The minimum atomic E-state index is -0.142. The van der Waals surface area contributed by atoms with E-state index in [1.165, 1.54) is 6.07 Å². The van der Waals surface area contributed by atoms with Gasteiger partial charge in [-0.25, -0.2) is 0 Å². The normalized spacial score (nSPS) is 20.1. The third-order valence-electron chi connectivity index (χ3n) is 2.61. The Labute approximate surface area is 107 Å². The lowest BCUT2D eigenvalue weighted by Crippen LogP contribution is -2.28. The predicted octanol–water partition coefficient (Wildman–Crippen LogP) is 2.66. The maximum absolute atomic E-state index is 12.0. The molecule has 1 atom stereocenters. The van der Waals surface area contributed by atoms with E-state index >= 15 is 0 Å². The molecule has 1 aromatic rings. The van der Waals surface area contributed by atoms with Crippen LogP contribution in [-0.4, -0.2) is 33.8 Å². The Hall–Kier alpha value is -0.740. The lowest BCUT2D eigenvalue weighted by atomic mass is 10.2. The molecule has 1 heterocycles. The number of halogens is 2. The maximum atomic E-state index is 12.0. The van der Waals surface area contributed by atoms with Gasteiger partial charge in [0.1, 0.15) is 5.75 Å². The predicted molar refractivity (Wildman–Crippen MR) is 66.4 cm³/mol. The largest absolute Gasteiger partial charge is 0.507 e. The molecule has 1 aliphatic heterocycles. The van der Waals surface area contributed by atoms with Crippen molar-refractivity contribution in [2.45, 2.75) is 11.2 Å². The standard InChI is InChI=1S/C11H11BrClNO2/c12-7-3-4-14(6-7)11(16)9-2-1-8(13)5-10(9)15/h1-2,5,7,15H,3-4,6H2. The number of aromatic hydroxyl groups is 1. The van der Waals surface area contributed by atoms with Gasteiger partial charge >= 0.3 is 0 Å². The van der Waals surface area contributed by atoms with Crippen molar-refractivity contribution in [3.8, 4) is 5.75 Å². The number of alkyl halides is 1. The summed E-state index contributed by atoms with van der Waals surface area (Å²) in [7, 11) is 0. The summed E-state index contributed by atoms with van der Waals surface area (Å²) in [6, 6.07) is 4.55. The zero-order valence-corrected chi connectivity index (χ0v) is 10.8. The summed E-state index contributed by atoms with van der Waals surface area (Å²) in [6.45, 7) is 1.40. The summed E-state index contributed by atoms with van der Waals surface area (Å²) in [5.41, 5.74) is 0.311. The van der Waals surface area contributed by atoms with E-state index in [2.05, 4.69) is 15.9 Å². The topological polar surface area (TPSA) is 40.5 Å². The number of hydrogen-bond acceptors (Lipinski definition) is 2. The van der Waals surface area contributed by atoms with Crippen molar-refractivity contribution in [2.75, 3.05) is 13.1 Å². The van der Waals surface area contributed by atoms with Crippen LogP contribution in [-0.2, 0) is 0 Å². The van der Waals surface area contributed by atoms with E-state index in [-0.39, 0.29) is 11.7 Å². The van der Waals surface area contributed by atoms with Crippen LogP contribution in [0.3, 0.4) is 0 Å². The van der Waals surface area contributed by atoms with Gasteiger partial charge in [0, 0.05) is 22.9 Å². The smallest absolute Gasteiger partial charge is 0.257 e.